The van der Waals surface area contributed by atoms with Gasteiger partial charge in [0, 0.05) is 22.7 Å². The number of benzene rings is 1. The minimum Gasteiger partial charge on any atom is -0.324 e. The average molecular weight is 327 g/mol. The minimum atomic E-state index is -0.351. The van der Waals surface area contributed by atoms with Crippen molar-refractivity contribution in [3.8, 4) is 0 Å². The summed E-state index contributed by atoms with van der Waals surface area (Å²) in [6, 6.07) is 8.35. The topological polar surface area (TPSA) is 38.9 Å². The van der Waals surface area contributed by atoms with Gasteiger partial charge in [-0.05, 0) is 47.1 Å². The molecule has 2 aromatic rings. The quantitative estimate of drug-likeness (QED) is 0.920. The van der Waals surface area contributed by atoms with Gasteiger partial charge in [-0.25, -0.2) is 9.37 Å². The van der Waals surface area contributed by atoms with Gasteiger partial charge >= 0.3 is 0 Å². The van der Waals surface area contributed by atoms with Crippen molar-refractivity contribution in [3.05, 3.63) is 52.4 Å². The Hall–Kier alpha value is -0.910. The molecule has 2 nitrogen and oxygen atoms in total. The molecule has 0 spiro atoms. The highest BCUT2D eigenvalue weighted by Crippen LogP contribution is 2.36. The zero-order valence-corrected chi connectivity index (χ0v) is 12.1. The third kappa shape index (κ3) is 2.91. The van der Waals surface area contributed by atoms with Gasteiger partial charge in [0.15, 0.2) is 0 Å². The van der Waals surface area contributed by atoms with Gasteiger partial charge in [0.1, 0.15) is 10.8 Å². The van der Waals surface area contributed by atoms with E-state index >= 15 is 0 Å². The van der Waals surface area contributed by atoms with E-state index in [-0.39, 0.29) is 11.9 Å². The zero-order valence-electron chi connectivity index (χ0n) is 9.73. The van der Waals surface area contributed by atoms with Crippen molar-refractivity contribution in [2.24, 2.45) is 5.73 Å². The van der Waals surface area contributed by atoms with E-state index in [1.54, 1.807) is 19.2 Å². The van der Waals surface area contributed by atoms with Crippen LogP contribution < -0.4 is 5.73 Å². The number of nitrogens with two attached hydrogens (primary N) is 1. The highest BCUT2D eigenvalue weighted by atomic mass is 79.9. The predicted molar refractivity (Wildman–Crippen MR) is 75.1 cm³/mol. The van der Waals surface area contributed by atoms with Crippen LogP contribution in [0.5, 0.6) is 0 Å². The standard InChI is InChI=1S/C13H12BrFN2S/c1-8(16)12-10(15)5-2-6-11(12)18-13-9(14)4-3-7-17-13/h2-8H,16H2,1H3/t8-/m0/s1. The number of nitrogens with zero attached hydrogens (tertiary/aromatic N) is 1. The monoisotopic (exact) mass is 326 g/mol. The zero-order chi connectivity index (χ0) is 13.1. The van der Waals surface area contributed by atoms with E-state index in [1.165, 1.54) is 17.8 Å². The molecule has 1 aromatic carbocycles. The maximum absolute atomic E-state index is 13.8. The first kappa shape index (κ1) is 13.5. The molecule has 0 aliphatic rings. The van der Waals surface area contributed by atoms with Gasteiger partial charge in [0.25, 0.3) is 0 Å². The fraction of sp³-hybridized carbons (Fsp3) is 0.154. The van der Waals surface area contributed by atoms with Crippen LogP contribution in [0.15, 0.2) is 50.9 Å². The van der Waals surface area contributed by atoms with E-state index < -0.39 is 0 Å². The lowest BCUT2D eigenvalue weighted by Gasteiger charge is -2.13. The Labute approximate surface area is 118 Å². The lowest BCUT2D eigenvalue weighted by molar-refractivity contribution is 0.585. The van der Waals surface area contributed by atoms with Crippen molar-refractivity contribution >= 4 is 27.7 Å². The average Bonchev–Trinajstić information content (AvgIpc) is 2.31. The fourth-order valence-electron chi connectivity index (χ4n) is 1.60. The Morgan fingerprint density at radius 1 is 1.33 bits per heavy atom. The second-order valence-electron chi connectivity index (χ2n) is 3.83. The van der Waals surface area contributed by atoms with E-state index in [0.717, 1.165) is 14.4 Å². The number of hydrogen-bond donors (Lipinski definition) is 1. The normalized spacial score (nSPS) is 12.4. The van der Waals surface area contributed by atoms with Crippen molar-refractivity contribution in [2.75, 3.05) is 0 Å². The van der Waals surface area contributed by atoms with Crippen molar-refractivity contribution in [3.63, 3.8) is 0 Å². The predicted octanol–water partition coefficient (Wildman–Crippen LogP) is 4.15. The van der Waals surface area contributed by atoms with Gasteiger partial charge in [-0.15, -0.1) is 0 Å². The molecule has 2 rings (SSSR count). The molecule has 0 aliphatic heterocycles. The molecule has 18 heavy (non-hydrogen) atoms. The first-order chi connectivity index (χ1) is 8.59. The first-order valence-corrected chi connectivity index (χ1v) is 7.03. The summed E-state index contributed by atoms with van der Waals surface area (Å²) < 4.78 is 14.7. The van der Waals surface area contributed by atoms with Gasteiger partial charge in [-0.2, -0.15) is 0 Å². The van der Waals surface area contributed by atoms with Crippen LogP contribution in [-0.2, 0) is 0 Å². The molecule has 1 heterocycles. The minimum absolute atomic E-state index is 0.276. The van der Waals surface area contributed by atoms with Gasteiger partial charge < -0.3 is 5.73 Å². The SMILES string of the molecule is C[C@H](N)c1c(F)cccc1Sc1ncccc1Br. The third-order valence-electron chi connectivity index (χ3n) is 2.40. The number of hydrogen-bond acceptors (Lipinski definition) is 3. The van der Waals surface area contributed by atoms with Gasteiger partial charge in [0.2, 0.25) is 0 Å². The Morgan fingerprint density at radius 2 is 2.11 bits per heavy atom. The molecule has 0 saturated carbocycles. The molecule has 0 unspecified atom stereocenters. The van der Waals surface area contributed by atoms with Crippen LogP contribution in [0.25, 0.3) is 0 Å². The van der Waals surface area contributed by atoms with Crippen LogP contribution in [0.4, 0.5) is 4.39 Å². The van der Waals surface area contributed by atoms with Crippen molar-refractivity contribution < 1.29 is 4.39 Å². The highest BCUT2D eigenvalue weighted by Gasteiger charge is 2.14. The van der Waals surface area contributed by atoms with Crippen molar-refractivity contribution in [1.29, 1.82) is 0 Å². The smallest absolute Gasteiger partial charge is 0.129 e. The Balaban J connectivity index is 2.41. The van der Waals surface area contributed by atoms with Crippen LogP contribution in [0.3, 0.4) is 0 Å². The summed E-state index contributed by atoms with van der Waals surface area (Å²) in [6.07, 6.45) is 1.71. The highest BCUT2D eigenvalue weighted by molar-refractivity contribution is 9.10. The van der Waals surface area contributed by atoms with Crippen LogP contribution in [-0.4, -0.2) is 4.98 Å². The summed E-state index contributed by atoms with van der Waals surface area (Å²) in [5.74, 6) is -0.276. The Kier molecular flexibility index (Phi) is 4.37. The van der Waals surface area contributed by atoms with Crippen LogP contribution in [0.1, 0.15) is 18.5 Å². The Bertz CT molecular complexity index is 560. The third-order valence-corrected chi connectivity index (χ3v) is 4.40. The molecule has 0 fully saturated rings. The largest absolute Gasteiger partial charge is 0.324 e. The van der Waals surface area contributed by atoms with E-state index in [4.69, 9.17) is 5.73 Å². The molecule has 5 heteroatoms. The number of halogens is 2. The van der Waals surface area contributed by atoms with Gasteiger partial charge in [0.05, 0.1) is 4.47 Å². The molecule has 0 saturated heterocycles. The van der Waals surface area contributed by atoms with Gasteiger partial charge in [-0.1, -0.05) is 17.8 Å². The second kappa shape index (κ2) is 5.82. The summed E-state index contributed by atoms with van der Waals surface area (Å²) in [5.41, 5.74) is 6.35. The molecule has 1 atom stereocenters. The van der Waals surface area contributed by atoms with Crippen LogP contribution in [0, 0.1) is 5.82 Å². The summed E-state index contributed by atoms with van der Waals surface area (Å²) in [6.45, 7) is 1.77. The molecule has 0 bridgehead atoms. The molecule has 94 valence electrons. The van der Waals surface area contributed by atoms with Crippen molar-refractivity contribution in [1.82, 2.24) is 4.98 Å². The van der Waals surface area contributed by atoms with E-state index in [1.807, 2.05) is 18.2 Å². The summed E-state index contributed by atoms with van der Waals surface area (Å²) in [5, 5.41) is 0.796. The first-order valence-electron chi connectivity index (χ1n) is 5.42. The molecular formula is C13H12BrFN2S. The molecule has 0 radical (unpaired) electrons. The lowest BCUT2D eigenvalue weighted by atomic mass is 10.1. The molecule has 2 N–H and O–H groups in total. The summed E-state index contributed by atoms with van der Waals surface area (Å²) in [4.78, 5) is 5.05. The maximum atomic E-state index is 13.8. The number of rotatable bonds is 3. The van der Waals surface area contributed by atoms with Crippen LogP contribution in [0.2, 0.25) is 0 Å². The number of pyridine rings is 1. The lowest BCUT2D eigenvalue weighted by Crippen LogP contribution is -2.09. The maximum Gasteiger partial charge on any atom is 0.129 e. The van der Waals surface area contributed by atoms with Crippen LogP contribution >= 0.6 is 27.7 Å². The number of aromatic nitrogens is 1. The summed E-state index contributed by atoms with van der Waals surface area (Å²) >= 11 is 4.83. The van der Waals surface area contributed by atoms with E-state index in [0.29, 0.717) is 5.56 Å². The molecule has 1 aromatic heterocycles. The second-order valence-corrected chi connectivity index (χ2v) is 5.72. The van der Waals surface area contributed by atoms with Gasteiger partial charge in [-0.3, -0.25) is 0 Å². The fourth-order valence-corrected chi connectivity index (χ4v) is 3.12. The van der Waals surface area contributed by atoms with E-state index in [2.05, 4.69) is 20.9 Å². The summed E-state index contributed by atoms with van der Waals surface area (Å²) in [7, 11) is 0. The molecule has 0 aliphatic carbocycles. The van der Waals surface area contributed by atoms with Crippen molar-refractivity contribution in [2.45, 2.75) is 22.9 Å². The molecular weight excluding hydrogens is 315 g/mol. The Morgan fingerprint density at radius 3 is 2.78 bits per heavy atom. The van der Waals surface area contributed by atoms with E-state index in [9.17, 15) is 4.39 Å². The molecule has 0 amide bonds.